The summed E-state index contributed by atoms with van der Waals surface area (Å²) in [6.45, 7) is 0.877. The van der Waals surface area contributed by atoms with E-state index in [2.05, 4.69) is 15.6 Å². The Balaban J connectivity index is 1.91. The number of pyridine rings is 1. The molecule has 1 aliphatic heterocycles. The number of nitrogens with zero attached hydrogens (tertiary/aromatic N) is 3. The maximum atomic E-state index is 12.4. The Morgan fingerprint density at radius 1 is 1.26 bits per heavy atom. The molecule has 0 aliphatic carbocycles. The molecular formula is C13H19N5O4S. The minimum atomic E-state index is -3.59. The third kappa shape index (κ3) is 4.17. The van der Waals surface area contributed by atoms with Gasteiger partial charge < -0.3 is 15.5 Å². The lowest BCUT2D eigenvalue weighted by Crippen LogP contribution is -2.52. The van der Waals surface area contributed by atoms with Gasteiger partial charge in [-0.3, -0.25) is 9.78 Å². The molecule has 1 aromatic heterocycles. The number of carbonyl (C=O) groups is 2. The van der Waals surface area contributed by atoms with Gasteiger partial charge in [-0.15, -0.1) is 0 Å². The second-order valence-electron chi connectivity index (χ2n) is 4.91. The molecular weight excluding hydrogens is 322 g/mol. The van der Waals surface area contributed by atoms with Gasteiger partial charge in [0.05, 0.1) is 6.54 Å². The summed E-state index contributed by atoms with van der Waals surface area (Å²) in [4.78, 5) is 28.5. The number of amides is 3. The summed E-state index contributed by atoms with van der Waals surface area (Å²) < 4.78 is 26.2. The molecule has 2 rings (SSSR count). The molecule has 23 heavy (non-hydrogen) atoms. The van der Waals surface area contributed by atoms with Crippen molar-refractivity contribution >= 4 is 22.0 Å². The lowest BCUT2D eigenvalue weighted by molar-refractivity contribution is -0.131. The van der Waals surface area contributed by atoms with E-state index in [4.69, 9.17) is 0 Å². The molecule has 1 fully saturated rings. The summed E-state index contributed by atoms with van der Waals surface area (Å²) in [5.74, 6) is -0.243. The maximum Gasteiger partial charge on any atom is 0.314 e. The quantitative estimate of drug-likeness (QED) is 0.718. The normalized spacial score (nSPS) is 16.0. The zero-order chi connectivity index (χ0) is 16.9. The highest BCUT2D eigenvalue weighted by Gasteiger charge is 2.30. The van der Waals surface area contributed by atoms with Crippen molar-refractivity contribution in [2.24, 2.45) is 0 Å². The van der Waals surface area contributed by atoms with E-state index in [1.54, 1.807) is 6.07 Å². The van der Waals surface area contributed by atoms with Crippen LogP contribution < -0.4 is 10.6 Å². The number of hydrogen-bond donors (Lipinski definition) is 2. The first-order chi connectivity index (χ1) is 10.9. The zero-order valence-corrected chi connectivity index (χ0v) is 13.5. The third-order valence-corrected chi connectivity index (χ3v) is 5.37. The fourth-order valence-corrected chi connectivity index (χ4v) is 3.57. The molecule has 10 heteroatoms. The third-order valence-electron chi connectivity index (χ3n) is 3.49. The molecule has 0 atom stereocenters. The van der Waals surface area contributed by atoms with Gasteiger partial charge in [-0.2, -0.15) is 4.31 Å². The van der Waals surface area contributed by atoms with Crippen molar-refractivity contribution in [3.05, 3.63) is 24.5 Å². The van der Waals surface area contributed by atoms with E-state index in [0.717, 1.165) is 0 Å². The number of carbonyl (C=O) groups excluding carboxylic acids is 2. The average molecular weight is 341 g/mol. The molecule has 126 valence electrons. The van der Waals surface area contributed by atoms with Gasteiger partial charge in [0.2, 0.25) is 15.9 Å². The average Bonchev–Trinajstić information content (AvgIpc) is 2.60. The Morgan fingerprint density at radius 3 is 2.52 bits per heavy atom. The van der Waals surface area contributed by atoms with Gasteiger partial charge in [-0.25, -0.2) is 13.2 Å². The van der Waals surface area contributed by atoms with Crippen LogP contribution in [-0.4, -0.2) is 74.3 Å². The summed E-state index contributed by atoms with van der Waals surface area (Å²) in [6.07, 6.45) is 2.81. The van der Waals surface area contributed by atoms with Crippen LogP contribution in [0.2, 0.25) is 0 Å². The largest absolute Gasteiger partial charge is 0.341 e. The smallest absolute Gasteiger partial charge is 0.314 e. The summed E-state index contributed by atoms with van der Waals surface area (Å²) in [7, 11) is -2.13. The SMILES string of the molecule is CNC(=O)NCC(=O)N1CCN(S(=O)(=O)c2cccnc2)CC1. The fourth-order valence-electron chi connectivity index (χ4n) is 2.18. The number of nitrogens with one attached hydrogen (secondary N) is 2. The highest BCUT2D eigenvalue weighted by atomic mass is 32.2. The van der Waals surface area contributed by atoms with E-state index >= 15 is 0 Å². The lowest BCUT2D eigenvalue weighted by atomic mass is 10.3. The predicted octanol–water partition coefficient (Wildman–Crippen LogP) is -1.16. The molecule has 0 saturated carbocycles. The fraction of sp³-hybridized carbons (Fsp3) is 0.462. The van der Waals surface area contributed by atoms with Crippen molar-refractivity contribution < 1.29 is 18.0 Å². The van der Waals surface area contributed by atoms with E-state index in [9.17, 15) is 18.0 Å². The van der Waals surface area contributed by atoms with Crippen molar-refractivity contribution in [1.29, 1.82) is 0 Å². The number of urea groups is 1. The first-order valence-corrected chi connectivity index (χ1v) is 8.52. The molecule has 9 nitrogen and oxygen atoms in total. The number of rotatable bonds is 4. The second kappa shape index (κ2) is 7.38. The molecule has 2 heterocycles. The van der Waals surface area contributed by atoms with Crippen molar-refractivity contribution in [2.45, 2.75) is 4.90 Å². The molecule has 2 N–H and O–H groups in total. The van der Waals surface area contributed by atoms with Gasteiger partial charge in [0.15, 0.2) is 0 Å². The minimum absolute atomic E-state index is 0.116. The zero-order valence-electron chi connectivity index (χ0n) is 12.7. The Kier molecular flexibility index (Phi) is 5.50. The second-order valence-corrected chi connectivity index (χ2v) is 6.84. The predicted molar refractivity (Wildman–Crippen MR) is 82.0 cm³/mol. The molecule has 0 aromatic carbocycles. The monoisotopic (exact) mass is 341 g/mol. The molecule has 0 bridgehead atoms. The lowest BCUT2D eigenvalue weighted by Gasteiger charge is -2.34. The van der Waals surface area contributed by atoms with E-state index in [1.165, 1.54) is 34.7 Å². The van der Waals surface area contributed by atoms with Gasteiger partial charge in [0, 0.05) is 45.6 Å². The van der Waals surface area contributed by atoms with Crippen molar-refractivity contribution in [2.75, 3.05) is 39.8 Å². The van der Waals surface area contributed by atoms with Crippen molar-refractivity contribution in [1.82, 2.24) is 24.8 Å². The molecule has 0 radical (unpaired) electrons. The van der Waals surface area contributed by atoms with Crippen LogP contribution in [0.5, 0.6) is 0 Å². The van der Waals surface area contributed by atoms with Crippen LogP contribution >= 0.6 is 0 Å². The van der Waals surface area contributed by atoms with Crippen LogP contribution in [0.3, 0.4) is 0 Å². The van der Waals surface area contributed by atoms with Crippen LogP contribution in [0.4, 0.5) is 4.79 Å². The van der Waals surface area contributed by atoms with E-state index in [1.807, 2.05) is 0 Å². The Labute approximate surface area is 134 Å². The van der Waals surface area contributed by atoms with Gasteiger partial charge in [0.1, 0.15) is 4.90 Å². The number of sulfonamides is 1. The summed E-state index contributed by atoms with van der Waals surface area (Å²) in [5.41, 5.74) is 0. The number of piperazine rings is 1. The van der Waals surface area contributed by atoms with E-state index in [-0.39, 0.29) is 43.5 Å². The highest BCUT2D eigenvalue weighted by molar-refractivity contribution is 7.89. The maximum absolute atomic E-state index is 12.4. The van der Waals surface area contributed by atoms with Crippen LogP contribution in [0.25, 0.3) is 0 Å². The van der Waals surface area contributed by atoms with Gasteiger partial charge in [-0.05, 0) is 12.1 Å². The van der Waals surface area contributed by atoms with Crippen molar-refractivity contribution in [3.8, 4) is 0 Å². The number of hydrogen-bond acceptors (Lipinski definition) is 5. The standard InChI is InChI=1S/C13H19N5O4S/c1-14-13(20)16-10-12(19)17-5-7-18(8-6-17)23(21,22)11-3-2-4-15-9-11/h2-4,9H,5-8,10H2,1H3,(H2,14,16,20). The van der Waals surface area contributed by atoms with Crippen LogP contribution in [0.15, 0.2) is 29.4 Å². The first-order valence-electron chi connectivity index (χ1n) is 7.08. The van der Waals surface area contributed by atoms with Crippen LogP contribution in [0, 0.1) is 0 Å². The summed E-state index contributed by atoms with van der Waals surface area (Å²) in [6, 6.07) is 2.63. The molecule has 0 spiro atoms. The van der Waals surface area contributed by atoms with Gasteiger partial charge in [-0.1, -0.05) is 0 Å². The highest BCUT2D eigenvalue weighted by Crippen LogP contribution is 2.16. The number of aromatic nitrogens is 1. The molecule has 1 aromatic rings. The van der Waals surface area contributed by atoms with E-state index < -0.39 is 16.1 Å². The Hall–Kier alpha value is -2.20. The molecule has 3 amide bonds. The minimum Gasteiger partial charge on any atom is -0.341 e. The van der Waals surface area contributed by atoms with Crippen LogP contribution in [0.1, 0.15) is 0 Å². The molecule has 1 aliphatic rings. The van der Waals surface area contributed by atoms with Crippen LogP contribution in [-0.2, 0) is 14.8 Å². The molecule has 0 unspecified atom stereocenters. The van der Waals surface area contributed by atoms with Gasteiger partial charge in [0.25, 0.3) is 0 Å². The summed E-state index contributed by atoms with van der Waals surface area (Å²) in [5, 5.41) is 4.77. The topological polar surface area (TPSA) is 112 Å². The Morgan fingerprint density at radius 2 is 1.96 bits per heavy atom. The molecule has 1 saturated heterocycles. The summed E-state index contributed by atoms with van der Waals surface area (Å²) >= 11 is 0. The van der Waals surface area contributed by atoms with E-state index in [0.29, 0.717) is 0 Å². The van der Waals surface area contributed by atoms with Crippen molar-refractivity contribution in [3.63, 3.8) is 0 Å². The first kappa shape index (κ1) is 17.2. The Bertz CT molecular complexity index is 656. The van der Waals surface area contributed by atoms with Gasteiger partial charge >= 0.3 is 6.03 Å².